The number of alkyl halides is 3. The van der Waals surface area contributed by atoms with Gasteiger partial charge in [0.15, 0.2) is 0 Å². The summed E-state index contributed by atoms with van der Waals surface area (Å²) in [6, 6.07) is 9.95. The molecule has 0 bridgehead atoms. The number of allylic oxidation sites excluding steroid dienone is 1. The number of hydrogen-bond donors (Lipinski definition) is 1. The fourth-order valence-corrected chi connectivity index (χ4v) is 5.65. The van der Waals surface area contributed by atoms with E-state index in [4.69, 9.17) is 5.11 Å². The Labute approximate surface area is 187 Å². The number of aliphatic hydroxyl groups excluding tert-OH is 1. The molecular formula is C24H28F3NO3S. The Balaban J connectivity index is 1.79. The van der Waals surface area contributed by atoms with E-state index in [0.29, 0.717) is 23.2 Å². The first kappa shape index (κ1) is 24.5. The molecule has 0 saturated heterocycles. The molecule has 174 valence electrons. The van der Waals surface area contributed by atoms with E-state index in [2.05, 4.69) is 4.90 Å². The highest BCUT2D eigenvalue weighted by atomic mass is 32.2. The number of unbranched alkanes of at least 4 members (excludes halogenated alkanes) is 1. The Bertz CT molecular complexity index is 1090. The Hall–Kier alpha value is -2.16. The van der Waals surface area contributed by atoms with Crippen molar-refractivity contribution in [3.8, 4) is 0 Å². The van der Waals surface area contributed by atoms with Crippen LogP contribution in [0.4, 0.5) is 13.2 Å². The van der Waals surface area contributed by atoms with Gasteiger partial charge in [-0.15, -0.1) is 0 Å². The number of likely N-dealkylation sites (N-methyl/N-ethyl adjacent to an activating group) is 1. The second kappa shape index (κ2) is 9.77. The van der Waals surface area contributed by atoms with Crippen LogP contribution in [0.25, 0.3) is 5.57 Å². The van der Waals surface area contributed by atoms with E-state index in [0.717, 1.165) is 50.0 Å². The number of hydrogen-bond acceptors (Lipinski definition) is 4. The second-order valence-corrected chi connectivity index (χ2v) is 10.0. The average Bonchev–Trinajstić information content (AvgIpc) is 2.95. The van der Waals surface area contributed by atoms with Crippen molar-refractivity contribution in [3.63, 3.8) is 0 Å². The number of halogens is 3. The number of aryl methyl sites for hydroxylation is 1. The highest BCUT2D eigenvalue weighted by Crippen LogP contribution is 2.43. The third kappa shape index (κ3) is 5.08. The predicted octanol–water partition coefficient (Wildman–Crippen LogP) is 4.91. The number of benzene rings is 2. The van der Waals surface area contributed by atoms with Crippen molar-refractivity contribution < 1.29 is 26.7 Å². The van der Waals surface area contributed by atoms with E-state index in [-0.39, 0.29) is 16.4 Å². The number of aliphatic hydroxyl groups is 1. The van der Waals surface area contributed by atoms with E-state index >= 15 is 0 Å². The van der Waals surface area contributed by atoms with E-state index < -0.39 is 21.6 Å². The molecule has 1 aliphatic heterocycles. The molecular weight excluding hydrogens is 439 g/mol. The lowest BCUT2D eigenvalue weighted by Crippen LogP contribution is -2.27. The maximum absolute atomic E-state index is 13.0. The van der Waals surface area contributed by atoms with Gasteiger partial charge in [-0.05, 0) is 68.6 Å². The minimum absolute atomic E-state index is 0.129. The van der Waals surface area contributed by atoms with Gasteiger partial charge in [-0.3, -0.25) is 0 Å². The van der Waals surface area contributed by atoms with Crippen LogP contribution < -0.4 is 0 Å². The Morgan fingerprint density at radius 3 is 2.28 bits per heavy atom. The van der Waals surface area contributed by atoms with Crippen LogP contribution in [0.15, 0.2) is 52.3 Å². The normalized spacial score (nSPS) is 15.5. The number of fused-ring (bicyclic) bond motifs is 1. The lowest BCUT2D eigenvalue weighted by molar-refractivity contribution is -0.137. The van der Waals surface area contributed by atoms with Crippen LogP contribution in [0, 0.1) is 0 Å². The predicted molar refractivity (Wildman–Crippen MR) is 119 cm³/mol. The zero-order valence-corrected chi connectivity index (χ0v) is 19.1. The Morgan fingerprint density at radius 2 is 1.69 bits per heavy atom. The van der Waals surface area contributed by atoms with E-state index in [1.807, 2.05) is 13.0 Å². The highest BCUT2D eigenvalue weighted by Gasteiger charge is 2.34. The van der Waals surface area contributed by atoms with Gasteiger partial charge in [0.05, 0.1) is 22.0 Å². The summed E-state index contributed by atoms with van der Waals surface area (Å²) in [6.07, 6.45) is -1.89. The first-order valence-corrected chi connectivity index (χ1v) is 12.2. The molecule has 1 heterocycles. The monoisotopic (exact) mass is 467 g/mol. The fraction of sp³-hybridized carbons (Fsp3) is 0.417. The van der Waals surface area contributed by atoms with Crippen molar-refractivity contribution in [2.75, 3.05) is 26.2 Å². The maximum Gasteiger partial charge on any atom is 0.416 e. The Kier molecular flexibility index (Phi) is 7.47. The minimum atomic E-state index is -4.44. The lowest BCUT2D eigenvalue weighted by atomic mass is 9.95. The molecule has 0 radical (unpaired) electrons. The second-order valence-electron chi connectivity index (χ2n) is 7.96. The fourth-order valence-electron chi connectivity index (χ4n) is 4.06. The third-order valence-corrected chi connectivity index (χ3v) is 7.84. The molecule has 0 saturated carbocycles. The van der Waals surface area contributed by atoms with Crippen molar-refractivity contribution in [2.24, 2.45) is 0 Å². The summed E-state index contributed by atoms with van der Waals surface area (Å²) in [4.78, 5) is 2.54. The van der Waals surface area contributed by atoms with Crippen molar-refractivity contribution in [2.45, 2.75) is 44.2 Å². The molecule has 1 N–H and O–H groups in total. The van der Waals surface area contributed by atoms with Gasteiger partial charge in [-0.1, -0.05) is 31.2 Å². The van der Waals surface area contributed by atoms with Gasteiger partial charge >= 0.3 is 6.18 Å². The van der Waals surface area contributed by atoms with E-state index in [1.54, 1.807) is 12.1 Å². The van der Waals surface area contributed by atoms with Crippen LogP contribution in [0.5, 0.6) is 0 Å². The molecule has 8 heteroatoms. The van der Waals surface area contributed by atoms with E-state index in [1.165, 1.54) is 19.1 Å². The summed E-state index contributed by atoms with van der Waals surface area (Å²) in [5.74, 6) is 0. The largest absolute Gasteiger partial charge is 0.416 e. The average molecular weight is 468 g/mol. The van der Waals surface area contributed by atoms with Crippen LogP contribution >= 0.6 is 0 Å². The molecule has 3 rings (SSSR count). The van der Waals surface area contributed by atoms with Gasteiger partial charge in [0.1, 0.15) is 0 Å². The molecule has 0 spiro atoms. The summed E-state index contributed by atoms with van der Waals surface area (Å²) in [5.41, 5.74) is 1.60. The maximum atomic E-state index is 13.0. The van der Waals surface area contributed by atoms with Crippen LogP contribution in [-0.4, -0.2) is 44.7 Å². The summed E-state index contributed by atoms with van der Waals surface area (Å²) in [5, 5.41) is 9.06. The van der Waals surface area contributed by atoms with Gasteiger partial charge in [-0.25, -0.2) is 8.42 Å². The summed E-state index contributed by atoms with van der Waals surface area (Å²) < 4.78 is 64.7. The zero-order chi connectivity index (χ0) is 23.5. The zero-order valence-electron chi connectivity index (χ0n) is 18.2. The summed E-state index contributed by atoms with van der Waals surface area (Å²) in [6.45, 7) is 6.07. The van der Waals surface area contributed by atoms with Crippen LogP contribution in [0.3, 0.4) is 0 Å². The highest BCUT2D eigenvalue weighted by molar-refractivity contribution is 7.95. The third-order valence-electron chi connectivity index (χ3n) is 5.91. The quantitative estimate of drug-likeness (QED) is 0.533. The number of nitrogens with zero attached hydrogens (tertiary/aromatic N) is 1. The van der Waals surface area contributed by atoms with E-state index in [9.17, 15) is 21.6 Å². The smallest absolute Gasteiger partial charge is 0.395 e. The standard InChI is InChI=1S/C24H28F3NO3S/c1-3-28(14-15-29)13-5-4-6-18-7-12-21-22(16-18)32(30,31)17(2)23(21)19-8-10-20(11-9-19)24(25,26)27/h7-12,16,29H,3-6,13-15H2,1-2H3. The van der Waals surface area contributed by atoms with Crippen LogP contribution in [0.1, 0.15) is 48.9 Å². The first-order chi connectivity index (χ1) is 15.1. The van der Waals surface area contributed by atoms with Crippen molar-refractivity contribution in [1.29, 1.82) is 0 Å². The molecule has 1 aliphatic rings. The lowest BCUT2D eigenvalue weighted by Gasteiger charge is -2.18. The minimum Gasteiger partial charge on any atom is -0.395 e. The van der Waals surface area contributed by atoms with Crippen molar-refractivity contribution >= 4 is 15.4 Å². The molecule has 4 nitrogen and oxygen atoms in total. The molecule has 2 aromatic carbocycles. The van der Waals surface area contributed by atoms with Gasteiger partial charge in [0, 0.05) is 17.7 Å². The van der Waals surface area contributed by atoms with Crippen molar-refractivity contribution in [1.82, 2.24) is 4.90 Å². The van der Waals surface area contributed by atoms with Gasteiger partial charge < -0.3 is 10.0 Å². The van der Waals surface area contributed by atoms with Crippen LogP contribution in [-0.2, 0) is 22.4 Å². The summed E-state index contributed by atoms with van der Waals surface area (Å²) in [7, 11) is -3.68. The van der Waals surface area contributed by atoms with Gasteiger partial charge in [-0.2, -0.15) is 13.2 Å². The Morgan fingerprint density at radius 1 is 1.00 bits per heavy atom. The topological polar surface area (TPSA) is 57.6 Å². The van der Waals surface area contributed by atoms with Crippen LogP contribution in [0.2, 0.25) is 0 Å². The number of rotatable bonds is 9. The first-order valence-electron chi connectivity index (χ1n) is 10.7. The molecule has 0 amide bonds. The molecule has 2 aromatic rings. The molecule has 0 fully saturated rings. The van der Waals surface area contributed by atoms with Gasteiger partial charge in [0.25, 0.3) is 0 Å². The van der Waals surface area contributed by atoms with Gasteiger partial charge in [0.2, 0.25) is 9.84 Å². The molecule has 0 atom stereocenters. The number of sulfone groups is 1. The van der Waals surface area contributed by atoms with Crippen molar-refractivity contribution in [3.05, 3.63) is 69.6 Å². The summed E-state index contributed by atoms with van der Waals surface area (Å²) >= 11 is 0. The molecule has 0 unspecified atom stereocenters. The molecule has 32 heavy (non-hydrogen) atoms. The molecule has 0 aromatic heterocycles. The SMILES string of the molecule is CCN(CCO)CCCCc1ccc2c(c1)S(=O)(=O)C(C)=C2c1ccc(C(F)(F)F)cc1. The molecule has 0 aliphatic carbocycles.